The normalized spacial score (nSPS) is 22.7. The molecule has 1 aliphatic rings. The van der Waals surface area contributed by atoms with E-state index in [1.54, 1.807) is 13.8 Å². The molecule has 2 rings (SSSR count). The fourth-order valence-electron chi connectivity index (χ4n) is 1.76. The molecule has 1 heterocycles. The van der Waals surface area contributed by atoms with Crippen LogP contribution in [0.5, 0.6) is 0 Å². The minimum absolute atomic E-state index is 0.0277. The number of hydrogen-bond acceptors (Lipinski definition) is 3. The molecule has 0 aromatic heterocycles. The molecule has 7 heteroatoms. The molecule has 1 fully saturated rings. The molecule has 106 valence electrons. The van der Waals surface area contributed by atoms with Gasteiger partial charge in [-0.15, -0.1) is 5.01 Å². The number of carbonyl (C=O) groups excluding carboxylic acids is 2. The maximum absolute atomic E-state index is 13.6. The Kier molecular flexibility index (Phi) is 3.76. The lowest BCUT2D eigenvalue weighted by atomic mass is 10.00. The summed E-state index contributed by atoms with van der Waals surface area (Å²) in [5.74, 6) is -1.06. The summed E-state index contributed by atoms with van der Waals surface area (Å²) >= 11 is 5.84. The van der Waals surface area contributed by atoms with Crippen LogP contribution in [0.4, 0.5) is 9.18 Å². The number of benzene rings is 1. The number of imide groups is 1. The van der Waals surface area contributed by atoms with Gasteiger partial charge in [0, 0.05) is 5.56 Å². The van der Waals surface area contributed by atoms with Crippen LogP contribution in [0.15, 0.2) is 23.3 Å². The predicted molar refractivity (Wildman–Crippen MR) is 73.1 cm³/mol. The molecular weight excluding hydrogens is 285 g/mol. The first kappa shape index (κ1) is 14.5. The molecule has 5 nitrogen and oxygen atoms in total. The topological polar surface area (TPSA) is 61.8 Å². The highest BCUT2D eigenvalue weighted by Gasteiger charge is 2.46. The van der Waals surface area contributed by atoms with Crippen LogP contribution in [0.25, 0.3) is 0 Å². The van der Waals surface area contributed by atoms with E-state index >= 15 is 0 Å². The number of halogens is 2. The lowest BCUT2D eigenvalue weighted by Gasteiger charge is -2.17. The quantitative estimate of drug-likeness (QED) is 0.688. The molecule has 1 atom stereocenters. The van der Waals surface area contributed by atoms with Gasteiger partial charge in [0.15, 0.2) is 0 Å². The summed E-state index contributed by atoms with van der Waals surface area (Å²) in [6, 6.07) is 3.53. The van der Waals surface area contributed by atoms with E-state index in [1.165, 1.54) is 18.2 Å². The Morgan fingerprint density at radius 1 is 1.50 bits per heavy atom. The van der Waals surface area contributed by atoms with Crippen molar-refractivity contribution in [1.29, 1.82) is 0 Å². The van der Waals surface area contributed by atoms with Gasteiger partial charge in [0.2, 0.25) is 0 Å². The van der Waals surface area contributed by atoms with Gasteiger partial charge in [0.05, 0.1) is 11.2 Å². The number of urea groups is 1. The second-order valence-electron chi connectivity index (χ2n) is 4.61. The van der Waals surface area contributed by atoms with Crippen LogP contribution in [0.3, 0.4) is 0 Å². The van der Waals surface area contributed by atoms with Gasteiger partial charge in [0.25, 0.3) is 5.91 Å². The first-order chi connectivity index (χ1) is 9.39. The molecule has 0 aliphatic carbocycles. The Labute approximate surface area is 120 Å². The molecule has 1 aromatic carbocycles. The lowest BCUT2D eigenvalue weighted by molar-refractivity contribution is -0.130. The minimum Gasteiger partial charge on any atom is -0.322 e. The smallest absolute Gasteiger partial charge is 0.322 e. The third-order valence-corrected chi connectivity index (χ3v) is 3.58. The fraction of sp³-hybridized carbons (Fsp3) is 0.308. The Bertz CT molecular complexity index is 585. The van der Waals surface area contributed by atoms with Crippen LogP contribution in [0.1, 0.15) is 25.8 Å². The summed E-state index contributed by atoms with van der Waals surface area (Å²) in [5, 5.41) is 7.12. The summed E-state index contributed by atoms with van der Waals surface area (Å²) < 4.78 is 13.6. The van der Waals surface area contributed by atoms with Crippen LogP contribution < -0.4 is 5.32 Å². The molecule has 3 amide bonds. The molecule has 20 heavy (non-hydrogen) atoms. The van der Waals surface area contributed by atoms with Crippen molar-refractivity contribution in [1.82, 2.24) is 10.3 Å². The summed E-state index contributed by atoms with van der Waals surface area (Å²) in [6.07, 6.45) is 1.50. The molecule has 1 N–H and O–H groups in total. The maximum Gasteiger partial charge on any atom is 0.346 e. The Morgan fingerprint density at radius 2 is 2.20 bits per heavy atom. The second-order valence-corrected chi connectivity index (χ2v) is 5.02. The summed E-state index contributed by atoms with van der Waals surface area (Å²) in [6.45, 7) is 3.39. The van der Waals surface area contributed by atoms with Crippen molar-refractivity contribution in [2.24, 2.45) is 5.10 Å². The van der Waals surface area contributed by atoms with Crippen LogP contribution in [-0.4, -0.2) is 28.7 Å². The van der Waals surface area contributed by atoms with Crippen LogP contribution in [-0.2, 0) is 4.79 Å². The fourth-order valence-corrected chi connectivity index (χ4v) is 1.97. The SMILES string of the molecule is CCC1(C)NC(=O)N(N=Cc2c(F)cccc2Cl)C1=O. The number of hydrogen-bond donors (Lipinski definition) is 1. The van der Waals surface area contributed by atoms with E-state index in [0.717, 1.165) is 6.21 Å². The number of nitrogens with zero attached hydrogens (tertiary/aromatic N) is 2. The predicted octanol–water partition coefficient (Wildman–Crippen LogP) is 2.53. The average molecular weight is 298 g/mol. The minimum atomic E-state index is -0.979. The zero-order chi connectivity index (χ0) is 14.9. The Hall–Kier alpha value is -1.95. The Morgan fingerprint density at radius 3 is 2.75 bits per heavy atom. The van der Waals surface area contributed by atoms with Gasteiger partial charge >= 0.3 is 6.03 Å². The third-order valence-electron chi connectivity index (χ3n) is 3.25. The monoisotopic (exact) mass is 297 g/mol. The number of hydrazone groups is 1. The van der Waals surface area contributed by atoms with E-state index in [4.69, 9.17) is 11.6 Å². The molecule has 1 saturated heterocycles. The largest absolute Gasteiger partial charge is 0.346 e. The summed E-state index contributed by atoms with van der Waals surface area (Å²) in [4.78, 5) is 23.8. The van der Waals surface area contributed by atoms with E-state index in [2.05, 4.69) is 10.4 Å². The maximum atomic E-state index is 13.6. The molecule has 0 saturated carbocycles. The molecular formula is C13H13ClFN3O2. The summed E-state index contributed by atoms with van der Waals surface area (Å²) in [5.41, 5.74) is -0.951. The highest BCUT2D eigenvalue weighted by Crippen LogP contribution is 2.22. The molecule has 0 radical (unpaired) electrons. The zero-order valence-electron chi connectivity index (χ0n) is 11.0. The van der Waals surface area contributed by atoms with E-state index < -0.39 is 23.3 Å². The first-order valence-corrected chi connectivity index (χ1v) is 6.41. The number of carbonyl (C=O) groups is 2. The molecule has 1 aliphatic heterocycles. The molecule has 0 spiro atoms. The lowest BCUT2D eigenvalue weighted by Crippen LogP contribution is -2.42. The van der Waals surface area contributed by atoms with Crippen molar-refractivity contribution >= 4 is 29.8 Å². The highest BCUT2D eigenvalue weighted by molar-refractivity contribution is 6.33. The third kappa shape index (κ3) is 2.38. The van der Waals surface area contributed by atoms with Crippen molar-refractivity contribution < 1.29 is 14.0 Å². The van der Waals surface area contributed by atoms with Crippen molar-refractivity contribution in [3.63, 3.8) is 0 Å². The zero-order valence-corrected chi connectivity index (χ0v) is 11.7. The van der Waals surface area contributed by atoms with Crippen LogP contribution >= 0.6 is 11.6 Å². The van der Waals surface area contributed by atoms with Gasteiger partial charge in [-0.25, -0.2) is 9.18 Å². The van der Waals surface area contributed by atoms with Crippen molar-refractivity contribution in [2.45, 2.75) is 25.8 Å². The first-order valence-electron chi connectivity index (χ1n) is 6.03. The molecule has 0 bridgehead atoms. The van der Waals surface area contributed by atoms with E-state index in [1.807, 2.05) is 0 Å². The van der Waals surface area contributed by atoms with Crippen molar-refractivity contribution in [3.05, 3.63) is 34.6 Å². The average Bonchev–Trinajstić information content (AvgIpc) is 2.61. The van der Waals surface area contributed by atoms with Crippen LogP contribution in [0, 0.1) is 5.82 Å². The van der Waals surface area contributed by atoms with Gasteiger partial charge in [0.1, 0.15) is 11.4 Å². The number of amides is 3. The molecule has 1 aromatic rings. The van der Waals surface area contributed by atoms with E-state index in [9.17, 15) is 14.0 Å². The summed E-state index contributed by atoms with van der Waals surface area (Å²) in [7, 11) is 0. The van der Waals surface area contributed by atoms with Crippen LogP contribution in [0.2, 0.25) is 5.02 Å². The van der Waals surface area contributed by atoms with Gasteiger partial charge < -0.3 is 5.32 Å². The molecule has 1 unspecified atom stereocenters. The number of nitrogens with one attached hydrogen (secondary N) is 1. The van der Waals surface area contributed by atoms with Crippen molar-refractivity contribution in [2.75, 3.05) is 0 Å². The van der Waals surface area contributed by atoms with Gasteiger partial charge in [-0.05, 0) is 25.5 Å². The van der Waals surface area contributed by atoms with E-state index in [0.29, 0.717) is 11.4 Å². The second kappa shape index (κ2) is 5.20. The Balaban J connectivity index is 2.29. The van der Waals surface area contributed by atoms with Gasteiger partial charge in [-0.2, -0.15) is 5.10 Å². The van der Waals surface area contributed by atoms with Gasteiger partial charge in [-0.3, -0.25) is 4.79 Å². The van der Waals surface area contributed by atoms with Gasteiger partial charge in [-0.1, -0.05) is 24.6 Å². The highest BCUT2D eigenvalue weighted by atomic mass is 35.5. The standard InChI is InChI=1S/C13H13ClFN3O2/c1-3-13(2)11(19)18(12(20)17-13)16-7-8-9(14)5-4-6-10(8)15/h4-7H,3H2,1-2H3,(H,17,20). The van der Waals surface area contributed by atoms with Crippen molar-refractivity contribution in [3.8, 4) is 0 Å². The number of rotatable bonds is 3. The van der Waals surface area contributed by atoms with E-state index in [-0.39, 0.29) is 10.6 Å².